The Morgan fingerprint density at radius 3 is 2.76 bits per heavy atom. The average Bonchev–Trinajstić information content (AvgIpc) is 3.07. The molecule has 1 aromatic rings. The Labute approximate surface area is 105 Å². The highest BCUT2D eigenvalue weighted by Crippen LogP contribution is 2.28. The summed E-state index contributed by atoms with van der Waals surface area (Å²) >= 11 is 0. The number of aromatic nitrogens is 2. The molecular formula is C14H25N3. The first-order valence-corrected chi connectivity index (χ1v) is 6.90. The van der Waals surface area contributed by atoms with Crippen molar-refractivity contribution in [3.63, 3.8) is 0 Å². The zero-order chi connectivity index (χ0) is 12.3. The van der Waals surface area contributed by atoms with Gasteiger partial charge in [0.15, 0.2) is 0 Å². The van der Waals surface area contributed by atoms with Gasteiger partial charge in [0.25, 0.3) is 0 Å². The third kappa shape index (κ3) is 3.56. The van der Waals surface area contributed by atoms with E-state index in [-0.39, 0.29) is 0 Å². The Balaban J connectivity index is 1.91. The molecule has 1 aromatic heterocycles. The van der Waals surface area contributed by atoms with Gasteiger partial charge in [0.1, 0.15) is 0 Å². The summed E-state index contributed by atoms with van der Waals surface area (Å²) in [5.41, 5.74) is 1.73. The summed E-state index contributed by atoms with van der Waals surface area (Å²) in [5.74, 6) is 0. The van der Waals surface area contributed by atoms with E-state index in [1.165, 1.54) is 24.8 Å². The molecule has 3 nitrogen and oxygen atoms in total. The van der Waals surface area contributed by atoms with Gasteiger partial charge in [-0.25, -0.2) is 0 Å². The van der Waals surface area contributed by atoms with Crippen molar-refractivity contribution in [3.8, 4) is 0 Å². The SMILES string of the molecule is CCn1cc(CC(C)(CC)CNC2CC2)cn1. The Bertz CT molecular complexity index is 354. The molecule has 0 saturated heterocycles. The van der Waals surface area contributed by atoms with E-state index in [1.807, 2.05) is 10.9 Å². The van der Waals surface area contributed by atoms with Crippen LogP contribution in [0.1, 0.15) is 45.6 Å². The minimum absolute atomic E-state index is 0.365. The van der Waals surface area contributed by atoms with E-state index < -0.39 is 0 Å². The first-order valence-electron chi connectivity index (χ1n) is 6.90. The van der Waals surface area contributed by atoms with Crippen molar-refractivity contribution in [3.05, 3.63) is 18.0 Å². The first-order chi connectivity index (χ1) is 8.15. The summed E-state index contributed by atoms with van der Waals surface area (Å²) in [6, 6.07) is 0.805. The molecule has 1 saturated carbocycles. The van der Waals surface area contributed by atoms with E-state index in [4.69, 9.17) is 0 Å². The molecule has 1 atom stereocenters. The van der Waals surface area contributed by atoms with Crippen molar-refractivity contribution < 1.29 is 0 Å². The minimum atomic E-state index is 0.365. The second-order valence-corrected chi connectivity index (χ2v) is 5.70. The number of rotatable bonds is 7. The van der Waals surface area contributed by atoms with Crippen LogP contribution in [-0.2, 0) is 13.0 Å². The van der Waals surface area contributed by atoms with E-state index in [9.17, 15) is 0 Å². The van der Waals surface area contributed by atoms with Crippen LogP contribution < -0.4 is 5.32 Å². The average molecular weight is 235 g/mol. The highest BCUT2D eigenvalue weighted by Gasteiger charge is 2.27. The lowest BCUT2D eigenvalue weighted by molar-refractivity contribution is 0.289. The fourth-order valence-electron chi connectivity index (χ4n) is 2.15. The molecule has 0 amide bonds. The maximum Gasteiger partial charge on any atom is 0.0521 e. The van der Waals surface area contributed by atoms with Crippen molar-refractivity contribution >= 4 is 0 Å². The zero-order valence-corrected chi connectivity index (χ0v) is 11.4. The summed E-state index contributed by atoms with van der Waals surface area (Å²) in [7, 11) is 0. The van der Waals surface area contributed by atoms with Crippen molar-refractivity contribution in [1.82, 2.24) is 15.1 Å². The van der Waals surface area contributed by atoms with Gasteiger partial charge in [0, 0.05) is 25.3 Å². The highest BCUT2D eigenvalue weighted by molar-refractivity contribution is 5.07. The van der Waals surface area contributed by atoms with Gasteiger partial charge in [-0.3, -0.25) is 4.68 Å². The molecule has 1 unspecified atom stereocenters. The molecule has 1 fully saturated rings. The van der Waals surface area contributed by atoms with Gasteiger partial charge in [-0.1, -0.05) is 13.8 Å². The Morgan fingerprint density at radius 1 is 1.47 bits per heavy atom. The predicted molar refractivity (Wildman–Crippen MR) is 71.0 cm³/mol. The van der Waals surface area contributed by atoms with Crippen LogP contribution in [0.2, 0.25) is 0 Å². The van der Waals surface area contributed by atoms with Gasteiger partial charge in [-0.05, 0) is 43.6 Å². The number of nitrogens with zero attached hydrogens (tertiary/aromatic N) is 2. The van der Waals surface area contributed by atoms with Gasteiger partial charge in [0.05, 0.1) is 6.20 Å². The largest absolute Gasteiger partial charge is 0.313 e. The predicted octanol–water partition coefficient (Wildman–Crippen LogP) is 2.61. The van der Waals surface area contributed by atoms with Gasteiger partial charge in [-0.15, -0.1) is 0 Å². The van der Waals surface area contributed by atoms with E-state index in [0.29, 0.717) is 5.41 Å². The van der Waals surface area contributed by atoms with E-state index in [2.05, 4.69) is 37.4 Å². The molecule has 1 N–H and O–H groups in total. The van der Waals surface area contributed by atoms with Crippen LogP contribution in [0.5, 0.6) is 0 Å². The van der Waals surface area contributed by atoms with Gasteiger partial charge in [-0.2, -0.15) is 5.10 Å². The maximum atomic E-state index is 4.36. The lowest BCUT2D eigenvalue weighted by Crippen LogP contribution is -2.34. The molecule has 96 valence electrons. The van der Waals surface area contributed by atoms with E-state index >= 15 is 0 Å². The lowest BCUT2D eigenvalue weighted by Gasteiger charge is -2.28. The minimum Gasteiger partial charge on any atom is -0.313 e. The number of hydrogen-bond donors (Lipinski definition) is 1. The Hall–Kier alpha value is -0.830. The van der Waals surface area contributed by atoms with Crippen LogP contribution in [-0.4, -0.2) is 22.4 Å². The fourth-order valence-corrected chi connectivity index (χ4v) is 2.15. The van der Waals surface area contributed by atoms with Crippen LogP contribution in [0.15, 0.2) is 12.4 Å². The van der Waals surface area contributed by atoms with Gasteiger partial charge in [0.2, 0.25) is 0 Å². The van der Waals surface area contributed by atoms with E-state index in [1.54, 1.807) is 0 Å². The quantitative estimate of drug-likeness (QED) is 0.787. The molecule has 0 radical (unpaired) electrons. The van der Waals surface area contributed by atoms with Crippen molar-refractivity contribution in [2.24, 2.45) is 5.41 Å². The lowest BCUT2D eigenvalue weighted by atomic mass is 9.82. The van der Waals surface area contributed by atoms with Crippen molar-refractivity contribution in [2.75, 3.05) is 6.54 Å². The fraction of sp³-hybridized carbons (Fsp3) is 0.786. The van der Waals surface area contributed by atoms with Crippen LogP contribution in [0.3, 0.4) is 0 Å². The topological polar surface area (TPSA) is 29.9 Å². The van der Waals surface area contributed by atoms with Crippen molar-refractivity contribution in [2.45, 2.75) is 59.0 Å². The zero-order valence-electron chi connectivity index (χ0n) is 11.4. The number of nitrogens with one attached hydrogen (secondary N) is 1. The summed E-state index contributed by atoms with van der Waals surface area (Å²) in [4.78, 5) is 0. The van der Waals surface area contributed by atoms with Crippen LogP contribution in [0, 0.1) is 5.41 Å². The molecule has 0 bridgehead atoms. The van der Waals surface area contributed by atoms with Gasteiger partial charge >= 0.3 is 0 Å². The molecule has 1 heterocycles. The second-order valence-electron chi connectivity index (χ2n) is 5.70. The number of hydrogen-bond acceptors (Lipinski definition) is 2. The normalized spacial score (nSPS) is 19.2. The summed E-state index contributed by atoms with van der Waals surface area (Å²) in [6.07, 6.45) is 9.29. The molecule has 1 aliphatic carbocycles. The molecule has 3 heteroatoms. The van der Waals surface area contributed by atoms with Gasteiger partial charge < -0.3 is 5.32 Å². The van der Waals surface area contributed by atoms with Crippen LogP contribution in [0.4, 0.5) is 0 Å². The molecule has 0 aromatic carbocycles. The Morgan fingerprint density at radius 2 is 2.24 bits per heavy atom. The van der Waals surface area contributed by atoms with E-state index in [0.717, 1.165) is 25.6 Å². The summed E-state index contributed by atoms with van der Waals surface area (Å²) in [5, 5.41) is 8.02. The second kappa shape index (κ2) is 5.21. The van der Waals surface area contributed by atoms with Crippen molar-refractivity contribution in [1.29, 1.82) is 0 Å². The number of aryl methyl sites for hydroxylation is 1. The molecule has 17 heavy (non-hydrogen) atoms. The molecule has 2 rings (SSSR count). The highest BCUT2D eigenvalue weighted by atomic mass is 15.3. The van der Waals surface area contributed by atoms with Crippen LogP contribution >= 0.6 is 0 Å². The summed E-state index contributed by atoms with van der Waals surface area (Å²) < 4.78 is 2.01. The standard InChI is InChI=1S/C14H25N3/c1-4-14(3,11-15-13-6-7-13)8-12-9-16-17(5-2)10-12/h9-10,13,15H,4-8,11H2,1-3H3. The first kappa shape index (κ1) is 12.6. The maximum absolute atomic E-state index is 4.36. The third-order valence-electron chi connectivity index (χ3n) is 3.89. The summed E-state index contributed by atoms with van der Waals surface area (Å²) in [6.45, 7) is 8.89. The van der Waals surface area contributed by atoms with Crippen LogP contribution in [0.25, 0.3) is 0 Å². The third-order valence-corrected chi connectivity index (χ3v) is 3.89. The molecular weight excluding hydrogens is 210 g/mol. The molecule has 0 spiro atoms. The molecule has 0 aliphatic heterocycles. The monoisotopic (exact) mass is 235 g/mol. The Kier molecular flexibility index (Phi) is 3.87. The molecule has 1 aliphatic rings. The smallest absolute Gasteiger partial charge is 0.0521 e.